The smallest absolute Gasteiger partial charge is 0.254 e. The molecule has 1 aromatic carbocycles. The van der Waals surface area contributed by atoms with Crippen molar-refractivity contribution in [2.24, 2.45) is 5.73 Å². The summed E-state index contributed by atoms with van der Waals surface area (Å²) < 4.78 is 39.3. The van der Waals surface area contributed by atoms with E-state index in [2.05, 4.69) is 17.5 Å². The minimum absolute atomic E-state index is 0.195. The van der Waals surface area contributed by atoms with Crippen LogP contribution in [0.3, 0.4) is 0 Å². The molecule has 0 radical (unpaired) electrons. The molecule has 0 saturated heterocycles. The molecule has 0 bridgehead atoms. The molecule has 0 spiro atoms. The van der Waals surface area contributed by atoms with Crippen LogP contribution in [-0.2, 0) is 0 Å². The Bertz CT molecular complexity index is 538. The Morgan fingerprint density at radius 3 is 2.55 bits per heavy atom. The summed E-state index contributed by atoms with van der Waals surface area (Å²) in [7, 11) is 0. The maximum Gasteiger partial charge on any atom is 0.254 e. The summed E-state index contributed by atoms with van der Waals surface area (Å²) >= 11 is 4.67. The molecule has 0 heterocycles. The lowest BCUT2D eigenvalue weighted by Gasteiger charge is -2.08. The highest BCUT2D eigenvalue weighted by molar-refractivity contribution is 7.80. The number of unbranched alkanes of at least 4 members (excludes halogenated alkanes) is 1. The van der Waals surface area contributed by atoms with Gasteiger partial charge in [0.25, 0.3) is 5.91 Å². The summed E-state index contributed by atoms with van der Waals surface area (Å²) in [5.41, 5.74) is 4.53. The molecule has 0 saturated carbocycles. The van der Waals surface area contributed by atoms with Gasteiger partial charge in [-0.25, -0.2) is 8.78 Å². The van der Waals surface area contributed by atoms with Gasteiger partial charge >= 0.3 is 0 Å². The molecule has 0 aliphatic carbocycles. The first-order chi connectivity index (χ1) is 9.34. The van der Waals surface area contributed by atoms with Crippen molar-refractivity contribution < 1.29 is 23.1 Å². The van der Waals surface area contributed by atoms with Crippen LogP contribution in [0.2, 0.25) is 0 Å². The number of halogens is 3. The minimum Gasteiger partial charge on any atom is -0.503 e. The lowest BCUT2D eigenvalue weighted by molar-refractivity contribution is 0.0947. The molecule has 1 aromatic rings. The third-order valence-electron chi connectivity index (χ3n) is 2.51. The highest BCUT2D eigenvalue weighted by atomic mass is 32.1. The molecule has 20 heavy (non-hydrogen) atoms. The monoisotopic (exact) mass is 306 g/mol. The first-order valence-corrected chi connectivity index (χ1v) is 6.18. The van der Waals surface area contributed by atoms with Gasteiger partial charge in [0.05, 0.1) is 10.6 Å². The van der Waals surface area contributed by atoms with Gasteiger partial charge in [-0.05, 0) is 25.3 Å². The second kappa shape index (κ2) is 7.09. The highest BCUT2D eigenvalue weighted by Crippen LogP contribution is 2.25. The fourth-order valence-corrected chi connectivity index (χ4v) is 1.62. The van der Waals surface area contributed by atoms with Crippen molar-refractivity contribution in [3.05, 3.63) is 29.1 Å². The number of aromatic hydroxyl groups is 1. The largest absolute Gasteiger partial charge is 0.503 e. The van der Waals surface area contributed by atoms with Crippen molar-refractivity contribution in [2.45, 2.75) is 19.3 Å². The second-order valence-electron chi connectivity index (χ2n) is 4.06. The molecule has 0 aliphatic rings. The van der Waals surface area contributed by atoms with E-state index in [1.165, 1.54) is 0 Å². The lowest BCUT2D eigenvalue weighted by Crippen LogP contribution is -2.26. The van der Waals surface area contributed by atoms with Gasteiger partial charge in [-0.15, -0.1) is 0 Å². The average molecular weight is 306 g/mol. The van der Waals surface area contributed by atoms with Crippen molar-refractivity contribution in [3.63, 3.8) is 0 Å². The van der Waals surface area contributed by atoms with E-state index in [0.717, 1.165) is 0 Å². The number of benzene rings is 1. The Hall–Kier alpha value is -1.83. The number of hydrogen-bond donors (Lipinski definition) is 3. The Kier molecular flexibility index (Phi) is 5.75. The number of carbonyl (C=O) groups is 1. The van der Waals surface area contributed by atoms with Gasteiger partial charge in [-0.3, -0.25) is 4.79 Å². The molecule has 0 atom stereocenters. The van der Waals surface area contributed by atoms with Crippen LogP contribution in [0.5, 0.6) is 5.75 Å². The maximum atomic E-state index is 13.4. The number of rotatable bonds is 6. The topological polar surface area (TPSA) is 75.3 Å². The second-order valence-corrected chi connectivity index (χ2v) is 4.59. The summed E-state index contributed by atoms with van der Waals surface area (Å²) in [4.78, 5) is 11.9. The fraction of sp³-hybridized carbons (Fsp3) is 0.333. The molecule has 8 heteroatoms. The Morgan fingerprint density at radius 2 is 1.95 bits per heavy atom. The number of nitrogens with two attached hydrogens (primary N) is 1. The number of hydrogen-bond acceptors (Lipinski definition) is 3. The van der Waals surface area contributed by atoms with Crippen LogP contribution in [0.4, 0.5) is 13.2 Å². The summed E-state index contributed by atoms with van der Waals surface area (Å²) in [6.45, 7) is 0.195. The first-order valence-electron chi connectivity index (χ1n) is 5.77. The molecule has 0 aromatic heterocycles. The van der Waals surface area contributed by atoms with Crippen molar-refractivity contribution in [1.29, 1.82) is 0 Å². The molecule has 1 amide bonds. The van der Waals surface area contributed by atoms with E-state index in [0.29, 0.717) is 30.3 Å². The number of phenols is 1. The summed E-state index contributed by atoms with van der Waals surface area (Å²) in [6, 6.07) is 0.398. The number of nitrogens with one attached hydrogen (secondary N) is 1. The number of amides is 1. The van der Waals surface area contributed by atoms with E-state index in [1.54, 1.807) is 0 Å². The van der Waals surface area contributed by atoms with Crippen molar-refractivity contribution >= 4 is 23.1 Å². The molecule has 0 fully saturated rings. The van der Waals surface area contributed by atoms with Crippen molar-refractivity contribution in [3.8, 4) is 5.75 Å². The fourth-order valence-electron chi connectivity index (χ4n) is 1.48. The molecule has 0 unspecified atom stereocenters. The van der Waals surface area contributed by atoms with Gasteiger partial charge in [-0.2, -0.15) is 4.39 Å². The highest BCUT2D eigenvalue weighted by Gasteiger charge is 2.22. The Morgan fingerprint density at radius 1 is 1.30 bits per heavy atom. The normalized spacial score (nSPS) is 10.3. The molecule has 1 rings (SSSR count). The van der Waals surface area contributed by atoms with Crippen LogP contribution in [0.25, 0.3) is 0 Å². The number of carbonyl (C=O) groups excluding carboxylic acids is 1. The van der Waals surface area contributed by atoms with E-state index < -0.39 is 34.7 Å². The number of thiocarbonyl (C=S) groups is 1. The Labute approximate surface area is 118 Å². The molecule has 4 N–H and O–H groups in total. The minimum atomic E-state index is -1.73. The molecule has 0 aliphatic heterocycles. The lowest BCUT2D eigenvalue weighted by atomic mass is 10.1. The standard InChI is InChI=1S/C12H13F3N2O2S/c13-7-5-6(9(14)11(18)10(7)15)12(19)17-4-2-1-3-8(16)20/h5,18H,1-4H2,(H2,16,20)(H,17,19). The van der Waals surface area contributed by atoms with Gasteiger partial charge < -0.3 is 16.2 Å². The van der Waals surface area contributed by atoms with Crippen LogP contribution in [0.15, 0.2) is 6.07 Å². The van der Waals surface area contributed by atoms with Crippen molar-refractivity contribution in [1.82, 2.24) is 5.32 Å². The van der Waals surface area contributed by atoms with Gasteiger partial charge in [-0.1, -0.05) is 12.2 Å². The maximum absolute atomic E-state index is 13.4. The predicted molar refractivity (Wildman–Crippen MR) is 71.0 cm³/mol. The van der Waals surface area contributed by atoms with E-state index in [1.807, 2.05) is 0 Å². The van der Waals surface area contributed by atoms with E-state index in [-0.39, 0.29) is 6.54 Å². The van der Waals surface area contributed by atoms with Crippen molar-refractivity contribution in [2.75, 3.05) is 6.54 Å². The zero-order chi connectivity index (χ0) is 15.3. The predicted octanol–water partition coefficient (Wildman–Crippen LogP) is 2.00. The molecular weight excluding hydrogens is 293 g/mol. The van der Waals surface area contributed by atoms with E-state index in [9.17, 15) is 18.0 Å². The van der Waals surface area contributed by atoms with Gasteiger partial charge in [0.2, 0.25) is 5.82 Å². The Balaban J connectivity index is 2.62. The van der Waals surface area contributed by atoms with Gasteiger partial charge in [0.15, 0.2) is 17.4 Å². The van der Waals surface area contributed by atoms with Crippen LogP contribution in [-0.4, -0.2) is 22.5 Å². The van der Waals surface area contributed by atoms with Gasteiger partial charge in [0.1, 0.15) is 0 Å². The van der Waals surface area contributed by atoms with Crippen LogP contribution in [0.1, 0.15) is 29.6 Å². The zero-order valence-electron chi connectivity index (χ0n) is 10.4. The third-order valence-corrected chi connectivity index (χ3v) is 2.72. The number of phenolic OH excluding ortho intramolecular Hbond substituents is 1. The summed E-state index contributed by atoms with van der Waals surface area (Å²) in [5, 5.41) is 11.3. The third kappa shape index (κ3) is 4.09. The van der Waals surface area contributed by atoms with Crippen LogP contribution >= 0.6 is 12.2 Å². The van der Waals surface area contributed by atoms with Crippen LogP contribution in [0, 0.1) is 17.5 Å². The summed E-state index contributed by atoms with van der Waals surface area (Å²) in [5.74, 6) is -7.17. The van der Waals surface area contributed by atoms with E-state index in [4.69, 9.17) is 10.8 Å². The summed E-state index contributed by atoms with van der Waals surface area (Å²) in [6.07, 6.45) is 1.70. The zero-order valence-corrected chi connectivity index (χ0v) is 11.2. The van der Waals surface area contributed by atoms with E-state index >= 15 is 0 Å². The SMILES string of the molecule is NC(=S)CCCCNC(=O)c1cc(F)c(F)c(O)c1F. The quantitative estimate of drug-likeness (QED) is 0.427. The van der Waals surface area contributed by atoms with Crippen LogP contribution < -0.4 is 11.1 Å². The molecule has 110 valence electrons. The average Bonchev–Trinajstić information content (AvgIpc) is 2.39. The molecule has 4 nitrogen and oxygen atoms in total. The first kappa shape index (κ1) is 16.2. The molecular formula is C12H13F3N2O2S. The van der Waals surface area contributed by atoms with Gasteiger partial charge in [0, 0.05) is 6.54 Å².